The molecular weight excluding hydrogens is 162 g/mol. The van der Waals surface area contributed by atoms with Crippen LogP contribution in [-0.4, -0.2) is 4.98 Å². The van der Waals surface area contributed by atoms with Crippen molar-refractivity contribution in [2.75, 3.05) is 0 Å². The van der Waals surface area contributed by atoms with Gasteiger partial charge >= 0.3 is 0 Å². The lowest BCUT2D eigenvalue weighted by atomic mass is 10.2. The molecule has 0 saturated heterocycles. The molecule has 0 unspecified atom stereocenters. The van der Waals surface area contributed by atoms with Crippen LogP contribution in [0.2, 0.25) is 0 Å². The first-order valence-corrected chi connectivity index (χ1v) is 4.16. The number of aromatic nitrogens is 1. The van der Waals surface area contributed by atoms with E-state index >= 15 is 0 Å². The topological polar surface area (TPSA) is 25.0 Å². The summed E-state index contributed by atoms with van der Waals surface area (Å²) in [5.74, 6) is 0.810. The molecule has 0 bridgehead atoms. The van der Waals surface area contributed by atoms with E-state index in [9.17, 15) is 0 Å². The fourth-order valence-corrected chi connectivity index (χ4v) is 1.42. The quantitative estimate of drug-likeness (QED) is 0.694. The number of rotatable bonds is 2. The van der Waals surface area contributed by atoms with Crippen LogP contribution >= 0.6 is 0 Å². The van der Waals surface area contributed by atoms with Crippen molar-refractivity contribution in [3.63, 3.8) is 0 Å². The van der Waals surface area contributed by atoms with Gasteiger partial charge in [-0.15, -0.1) is 0 Å². The molecule has 0 atom stereocenters. The van der Waals surface area contributed by atoms with Crippen LogP contribution in [0.15, 0.2) is 37.1 Å². The molecule has 0 aliphatic rings. The molecule has 66 valence electrons. The van der Waals surface area contributed by atoms with Gasteiger partial charge in [-0.3, -0.25) is 0 Å². The van der Waals surface area contributed by atoms with Gasteiger partial charge in [-0.05, 0) is 30.5 Å². The largest absolute Gasteiger partial charge is 0.466 e. The molecule has 2 aromatic rings. The summed E-state index contributed by atoms with van der Waals surface area (Å²) in [6.45, 7) is 5.54. The fourth-order valence-electron chi connectivity index (χ4n) is 1.42. The van der Waals surface area contributed by atoms with Crippen LogP contribution in [0.25, 0.3) is 10.9 Å². The number of aryl methyl sites for hydroxylation is 1. The third kappa shape index (κ3) is 1.43. The lowest BCUT2D eigenvalue weighted by molar-refractivity contribution is 0.484. The number of H-pyrrole nitrogens is 1. The molecule has 2 rings (SSSR count). The SMILES string of the molecule is C=COc1ccc2cc(C)[nH]c2c1. The highest BCUT2D eigenvalue weighted by Crippen LogP contribution is 2.21. The molecule has 0 radical (unpaired) electrons. The smallest absolute Gasteiger partial charge is 0.128 e. The predicted molar refractivity (Wildman–Crippen MR) is 53.9 cm³/mol. The van der Waals surface area contributed by atoms with Crippen LogP contribution in [0.5, 0.6) is 5.75 Å². The van der Waals surface area contributed by atoms with Crippen molar-refractivity contribution in [1.29, 1.82) is 0 Å². The van der Waals surface area contributed by atoms with Gasteiger partial charge in [-0.2, -0.15) is 0 Å². The maximum atomic E-state index is 5.17. The van der Waals surface area contributed by atoms with Crippen molar-refractivity contribution in [2.24, 2.45) is 0 Å². The van der Waals surface area contributed by atoms with E-state index < -0.39 is 0 Å². The number of ether oxygens (including phenoxy) is 1. The van der Waals surface area contributed by atoms with E-state index in [1.54, 1.807) is 0 Å². The van der Waals surface area contributed by atoms with Crippen LogP contribution < -0.4 is 4.74 Å². The third-order valence-electron chi connectivity index (χ3n) is 1.95. The highest BCUT2D eigenvalue weighted by Gasteiger charge is 1.98. The lowest BCUT2D eigenvalue weighted by Crippen LogP contribution is -1.79. The first-order valence-electron chi connectivity index (χ1n) is 4.16. The Morgan fingerprint density at radius 2 is 2.23 bits per heavy atom. The molecule has 0 saturated carbocycles. The Bertz CT molecular complexity index is 442. The molecule has 2 nitrogen and oxygen atoms in total. The molecule has 0 spiro atoms. The second-order valence-electron chi connectivity index (χ2n) is 2.99. The molecule has 1 heterocycles. The summed E-state index contributed by atoms with van der Waals surface area (Å²) in [7, 11) is 0. The Balaban J connectivity index is 2.54. The van der Waals surface area contributed by atoms with Crippen LogP contribution in [0, 0.1) is 6.92 Å². The maximum Gasteiger partial charge on any atom is 0.128 e. The van der Waals surface area contributed by atoms with Gasteiger partial charge in [0.1, 0.15) is 5.75 Å². The first kappa shape index (κ1) is 7.92. The second kappa shape index (κ2) is 2.98. The van der Waals surface area contributed by atoms with Gasteiger partial charge in [0.2, 0.25) is 0 Å². The molecule has 2 heteroatoms. The van der Waals surface area contributed by atoms with Crippen molar-refractivity contribution in [3.8, 4) is 5.75 Å². The molecule has 0 amide bonds. The van der Waals surface area contributed by atoms with Crippen molar-refractivity contribution in [3.05, 3.63) is 42.8 Å². The number of benzene rings is 1. The van der Waals surface area contributed by atoms with Gasteiger partial charge in [0.05, 0.1) is 6.26 Å². The standard InChI is InChI=1S/C11H11NO/c1-3-13-10-5-4-9-6-8(2)12-11(9)7-10/h3-7,12H,1H2,2H3. The van der Waals surface area contributed by atoms with E-state index in [2.05, 4.69) is 17.6 Å². The number of aromatic amines is 1. The Kier molecular flexibility index (Phi) is 1.81. The van der Waals surface area contributed by atoms with E-state index in [1.807, 2.05) is 25.1 Å². The molecule has 1 aromatic carbocycles. The number of fused-ring (bicyclic) bond motifs is 1. The molecular formula is C11H11NO. The molecule has 1 aromatic heterocycles. The normalized spacial score (nSPS) is 10.2. The number of hydrogen-bond donors (Lipinski definition) is 1. The molecule has 0 fully saturated rings. The van der Waals surface area contributed by atoms with Gasteiger partial charge in [0, 0.05) is 17.3 Å². The summed E-state index contributed by atoms with van der Waals surface area (Å²) >= 11 is 0. The highest BCUT2D eigenvalue weighted by molar-refractivity contribution is 5.81. The van der Waals surface area contributed by atoms with E-state index in [-0.39, 0.29) is 0 Å². The second-order valence-corrected chi connectivity index (χ2v) is 2.99. The maximum absolute atomic E-state index is 5.17. The summed E-state index contributed by atoms with van der Waals surface area (Å²) in [5, 5.41) is 1.20. The summed E-state index contributed by atoms with van der Waals surface area (Å²) in [6.07, 6.45) is 1.43. The zero-order chi connectivity index (χ0) is 9.26. The highest BCUT2D eigenvalue weighted by atomic mass is 16.5. The molecule has 0 aliphatic heterocycles. The van der Waals surface area contributed by atoms with Gasteiger partial charge in [-0.1, -0.05) is 6.58 Å². The van der Waals surface area contributed by atoms with E-state index in [1.165, 1.54) is 11.6 Å². The summed E-state index contributed by atoms with van der Waals surface area (Å²) in [4.78, 5) is 3.24. The predicted octanol–water partition coefficient (Wildman–Crippen LogP) is 3.00. The minimum Gasteiger partial charge on any atom is -0.466 e. The average Bonchev–Trinajstić information content (AvgIpc) is 2.44. The van der Waals surface area contributed by atoms with Gasteiger partial charge < -0.3 is 9.72 Å². The minimum absolute atomic E-state index is 0.810. The van der Waals surface area contributed by atoms with Crippen LogP contribution in [-0.2, 0) is 0 Å². The minimum atomic E-state index is 0.810. The monoisotopic (exact) mass is 173 g/mol. The fraction of sp³-hybridized carbons (Fsp3) is 0.0909. The van der Waals surface area contributed by atoms with Gasteiger partial charge in [0.25, 0.3) is 0 Å². The third-order valence-corrected chi connectivity index (χ3v) is 1.95. The Morgan fingerprint density at radius 3 is 3.00 bits per heavy atom. The zero-order valence-electron chi connectivity index (χ0n) is 7.50. The van der Waals surface area contributed by atoms with E-state index in [0.29, 0.717) is 0 Å². The van der Waals surface area contributed by atoms with Crippen molar-refractivity contribution in [1.82, 2.24) is 4.98 Å². The molecule has 1 N–H and O–H groups in total. The number of hydrogen-bond acceptors (Lipinski definition) is 1. The number of nitrogens with one attached hydrogen (secondary N) is 1. The van der Waals surface area contributed by atoms with Crippen molar-refractivity contribution >= 4 is 10.9 Å². The Morgan fingerprint density at radius 1 is 1.38 bits per heavy atom. The van der Waals surface area contributed by atoms with Crippen molar-refractivity contribution in [2.45, 2.75) is 6.92 Å². The van der Waals surface area contributed by atoms with E-state index in [0.717, 1.165) is 17.0 Å². The summed E-state index contributed by atoms with van der Waals surface area (Å²) in [6, 6.07) is 8.02. The van der Waals surface area contributed by atoms with E-state index in [4.69, 9.17) is 4.74 Å². The average molecular weight is 173 g/mol. The lowest BCUT2D eigenvalue weighted by Gasteiger charge is -1.98. The van der Waals surface area contributed by atoms with Crippen LogP contribution in [0.4, 0.5) is 0 Å². The first-order chi connectivity index (χ1) is 6.29. The Hall–Kier alpha value is -1.70. The Labute approximate surface area is 76.8 Å². The summed E-state index contributed by atoms with van der Waals surface area (Å²) < 4.78 is 5.17. The zero-order valence-corrected chi connectivity index (χ0v) is 7.50. The molecule has 0 aliphatic carbocycles. The van der Waals surface area contributed by atoms with Crippen LogP contribution in [0.1, 0.15) is 5.69 Å². The van der Waals surface area contributed by atoms with Gasteiger partial charge in [-0.25, -0.2) is 0 Å². The van der Waals surface area contributed by atoms with Crippen molar-refractivity contribution < 1.29 is 4.74 Å². The van der Waals surface area contributed by atoms with Gasteiger partial charge in [0.15, 0.2) is 0 Å². The molecule has 13 heavy (non-hydrogen) atoms. The summed E-state index contributed by atoms with van der Waals surface area (Å²) in [5.41, 5.74) is 2.25. The van der Waals surface area contributed by atoms with Crippen LogP contribution in [0.3, 0.4) is 0 Å².